The topological polar surface area (TPSA) is 46.6 Å². The summed E-state index contributed by atoms with van der Waals surface area (Å²) in [6, 6.07) is 6.17. The van der Waals surface area contributed by atoms with Gasteiger partial charge in [0.15, 0.2) is 5.82 Å². The molecule has 0 spiro atoms. The van der Waals surface area contributed by atoms with E-state index in [4.69, 9.17) is 10.7 Å². The third-order valence-electron chi connectivity index (χ3n) is 4.27. The molecule has 1 aliphatic rings. The first-order valence-electron chi connectivity index (χ1n) is 7.74. The fraction of sp³-hybridized carbons (Fsp3) is 0.562. The van der Waals surface area contributed by atoms with Crippen molar-refractivity contribution in [2.24, 2.45) is 11.7 Å². The molecule has 0 saturated carbocycles. The van der Waals surface area contributed by atoms with E-state index in [0.29, 0.717) is 6.54 Å². The monoisotopic (exact) mass is 272 g/mol. The number of nitrogens with zero attached hydrogens (tertiary/aromatic N) is 3. The van der Waals surface area contributed by atoms with Gasteiger partial charge in [0, 0.05) is 25.7 Å². The van der Waals surface area contributed by atoms with Gasteiger partial charge < -0.3 is 15.0 Å². The fourth-order valence-electron chi connectivity index (χ4n) is 3.33. The molecule has 0 aromatic carbocycles. The van der Waals surface area contributed by atoms with E-state index in [0.717, 1.165) is 36.9 Å². The summed E-state index contributed by atoms with van der Waals surface area (Å²) in [4.78, 5) is 7.30. The highest BCUT2D eigenvalue weighted by Crippen LogP contribution is 2.29. The van der Waals surface area contributed by atoms with Crippen molar-refractivity contribution in [1.29, 1.82) is 0 Å². The Hall–Kier alpha value is -1.55. The molecule has 2 aromatic heterocycles. The number of pyridine rings is 1. The lowest BCUT2D eigenvalue weighted by atomic mass is 10.0. The molecule has 20 heavy (non-hydrogen) atoms. The molecule has 1 fully saturated rings. The lowest BCUT2D eigenvalue weighted by molar-refractivity contribution is 0.529. The highest BCUT2D eigenvalue weighted by molar-refractivity contribution is 5.56. The normalized spacial score (nSPS) is 19.1. The first kappa shape index (κ1) is 13.4. The Morgan fingerprint density at radius 2 is 2.30 bits per heavy atom. The minimum Gasteiger partial charge on any atom is -0.355 e. The van der Waals surface area contributed by atoms with Crippen molar-refractivity contribution >= 4 is 11.5 Å². The predicted molar refractivity (Wildman–Crippen MR) is 83.2 cm³/mol. The Balaban J connectivity index is 1.92. The van der Waals surface area contributed by atoms with Gasteiger partial charge in [-0.25, -0.2) is 4.98 Å². The van der Waals surface area contributed by atoms with Gasteiger partial charge in [0.05, 0.1) is 5.69 Å². The third kappa shape index (κ3) is 2.40. The quantitative estimate of drug-likeness (QED) is 0.909. The molecule has 2 N–H and O–H groups in total. The Morgan fingerprint density at radius 1 is 1.40 bits per heavy atom. The Labute approximate surface area is 120 Å². The molecule has 1 atom stereocenters. The molecule has 1 aliphatic heterocycles. The minimum absolute atomic E-state index is 0.669. The van der Waals surface area contributed by atoms with E-state index < -0.39 is 0 Å². The second kappa shape index (κ2) is 5.83. The predicted octanol–water partition coefficient (Wildman–Crippen LogP) is 2.46. The van der Waals surface area contributed by atoms with Crippen molar-refractivity contribution in [1.82, 2.24) is 9.38 Å². The van der Waals surface area contributed by atoms with Gasteiger partial charge in [0.25, 0.3) is 0 Å². The van der Waals surface area contributed by atoms with Crippen LogP contribution >= 0.6 is 0 Å². The summed E-state index contributed by atoms with van der Waals surface area (Å²) in [6.45, 7) is 5.22. The molecule has 1 saturated heterocycles. The van der Waals surface area contributed by atoms with Crippen molar-refractivity contribution in [3.05, 3.63) is 30.1 Å². The van der Waals surface area contributed by atoms with Gasteiger partial charge >= 0.3 is 0 Å². The third-order valence-corrected chi connectivity index (χ3v) is 4.27. The van der Waals surface area contributed by atoms with Crippen LogP contribution in [0.3, 0.4) is 0 Å². The van der Waals surface area contributed by atoms with Crippen molar-refractivity contribution < 1.29 is 0 Å². The SMILES string of the molecule is CCCC1CCN(c2nc3ccccn3c2CCN)C1. The number of imidazole rings is 1. The van der Waals surface area contributed by atoms with Crippen LogP contribution in [0, 0.1) is 5.92 Å². The molecule has 1 unspecified atom stereocenters. The second-order valence-electron chi connectivity index (χ2n) is 5.74. The van der Waals surface area contributed by atoms with E-state index in [9.17, 15) is 0 Å². The Kier molecular flexibility index (Phi) is 3.92. The van der Waals surface area contributed by atoms with Crippen LogP contribution in [0.4, 0.5) is 5.82 Å². The maximum Gasteiger partial charge on any atom is 0.151 e. The molecular weight excluding hydrogens is 248 g/mol. The zero-order valence-corrected chi connectivity index (χ0v) is 12.3. The van der Waals surface area contributed by atoms with Gasteiger partial charge in [-0.15, -0.1) is 0 Å². The van der Waals surface area contributed by atoms with Crippen LogP contribution in [0.1, 0.15) is 31.9 Å². The van der Waals surface area contributed by atoms with E-state index in [2.05, 4.69) is 34.6 Å². The first-order chi connectivity index (χ1) is 9.83. The number of nitrogens with two attached hydrogens (primary N) is 1. The van der Waals surface area contributed by atoms with Crippen LogP contribution in [-0.2, 0) is 6.42 Å². The van der Waals surface area contributed by atoms with Crippen LogP contribution < -0.4 is 10.6 Å². The van der Waals surface area contributed by atoms with Crippen LogP contribution in [0.5, 0.6) is 0 Å². The maximum absolute atomic E-state index is 5.79. The molecule has 0 amide bonds. The number of aromatic nitrogens is 2. The maximum atomic E-state index is 5.79. The summed E-state index contributed by atoms with van der Waals surface area (Å²) >= 11 is 0. The summed E-state index contributed by atoms with van der Waals surface area (Å²) in [5.41, 5.74) is 8.09. The van der Waals surface area contributed by atoms with E-state index in [1.54, 1.807) is 0 Å². The van der Waals surface area contributed by atoms with Gasteiger partial charge in [-0.3, -0.25) is 0 Å². The van der Waals surface area contributed by atoms with Crippen LogP contribution in [-0.4, -0.2) is 29.0 Å². The van der Waals surface area contributed by atoms with Crippen LogP contribution in [0.15, 0.2) is 24.4 Å². The van der Waals surface area contributed by atoms with Gasteiger partial charge in [-0.1, -0.05) is 19.4 Å². The van der Waals surface area contributed by atoms with Crippen molar-refractivity contribution in [2.45, 2.75) is 32.6 Å². The van der Waals surface area contributed by atoms with Crippen molar-refractivity contribution in [3.63, 3.8) is 0 Å². The van der Waals surface area contributed by atoms with E-state index >= 15 is 0 Å². The Bertz CT molecular complexity index is 575. The zero-order valence-electron chi connectivity index (χ0n) is 12.3. The number of fused-ring (bicyclic) bond motifs is 1. The lowest BCUT2D eigenvalue weighted by Crippen LogP contribution is -2.22. The van der Waals surface area contributed by atoms with Crippen LogP contribution in [0.2, 0.25) is 0 Å². The molecule has 108 valence electrons. The van der Waals surface area contributed by atoms with Gasteiger partial charge in [0.1, 0.15) is 5.65 Å². The standard InChI is InChI=1S/C16H24N4/c1-2-5-13-8-11-19(12-13)16-14(7-9-17)20-10-4-3-6-15(20)18-16/h3-4,6,10,13H,2,5,7-9,11-12,17H2,1H3. The summed E-state index contributed by atoms with van der Waals surface area (Å²) in [7, 11) is 0. The summed E-state index contributed by atoms with van der Waals surface area (Å²) in [5.74, 6) is 1.98. The molecule has 0 aliphatic carbocycles. The summed E-state index contributed by atoms with van der Waals surface area (Å²) in [6.07, 6.45) is 6.88. The first-order valence-corrected chi connectivity index (χ1v) is 7.74. The molecule has 4 heteroatoms. The summed E-state index contributed by atoms with van der Waals surface area (Å²) in [5, 5.41) is 0. The average molecular weight is 272 g/mol. The second-order valence-corrected chi connectivity index (χ2v) is 5.74. The molecule has 0 radical (unpaired) electrons. The van der Waals surface area contributed by atoms with E-state index in [1.165, 1.54) is 25.0 Å². The largest absolute Gasteiger partial charge is 0.355 e. The molecule has 0 bridgehead atoms. The zero-order chi connectivity index (χ0) is 13.9. The highest BCUT2D eigenvalue weighted by Gasteiger charge is 2.26. The van der Waals surface area contributed by atoms with E-state index in [1.807, 2.05) is 6.07 Å². The van der Waals surface area contributed by atoms with Gasteiger partial charge in [-0.2, -0.15) is 0 Å². The summed E-state index contributed by atoms with van der Waals surface area (Å²) < 4.78 is 2.19. The van der Waals surface area contributed by atoms with E-state index in [-0.39, 0.29) is 0 Å². The Morgan fingerprint density at radius 3 is 3.10 bits per heavy atom. The molecule has 3 heterocycles. The average Bonchev–Trinajstić information content (AvgIpc) is 3.05. The molecular formula is C16H24N4. The fourth-order valence-corrected chi connectivity index (χ4v) is 3.33. The van der Waals surface area contributed by atoms with Crippen LogP contribution in [0.25, 0.3) is 5.65 Å². The highest BCUT2D eigenvalue weighted by atomic mass is 15.2. The van der Waals surface area contributed by atoms with Crippen molar-refractivity contribution in [2.75, 3.05) is 24.5 Å². The van der Waals surface area contributed by atoms with Gasteiger partial charge in [0.2, 0.25) is 0 Å². The number of hydrogen-bond donors (Lipinski definition) is 1. The number of hydrogen-bond acceptors (Lipinski definition) is 3. The smallest absolute Gasteiger partial charge is 0.151 e. The molecule has 2 aromatic rings. The number of anilines is 1. The minimum atomic E-state index is 0.669. The molecule has 4 nitrogen and oxygen atoms in total. The van der Waals surface area contributed by atoms with Crippen molar-refractivity contribution in [3.8, 4) is 0 Å². The number of rotatable bonds is 5. The molecule has 3 rings (SSSR count). The lowest BCUT2D eigenvalue weighted by Gasteiger charge is -2.17. The van der Waals surface area contributed by atoms with Gasteiger partial charge in [-0.05, 0) is 37.4 Å².